The van der Waals surface area contributed by atoms with Gasteiger partial charge in [-0.3, -0.25) is 13.9 Å². The fourth-order valence-corrected chi connectivity index (χ4v) is 5.30. The van der Waals surface area contributed by atoms with Gasteiger partial charge in [0, 0.05) is 28.7 Å². The average molecular weight is 557 g/mol. The third-order valence-electron chi connectivity index (χ3n) is 6.13. The van der Waals surface area contributed by atoms with E-state index in [0.717, 1.165) is 34.5 Å². The van der Waals surface area contributed by atoms with E-state index in [1.54, 1.807) is 37.3 Å². The molecule has 1 N–H and O–H groups in total. The molecule has 2 aromatic rings. The van der Waals surface area contributed by atoms with Crippen LogP contribution in [-0.2, 0) is 26.2 Å². The molecule has 0 heterocycles. The van der Waals surface area contributed by atoms with Gasteiger partial charge in [0.2, 0.25) is 21.8 Å². The minimum Gasteiger partial charge on any atom is -0.354 e. The van der Waals surface area contributed by atoms with Gasteiger partial charge < -0.3 is 10.2 Å². The number of nitrogens with one attached hydrogen (secondary N) is 1. The van der Waals surface area contributed by atoms with Crippen molar-refractivity contribution in [1.82, 2.24) is 10.2 Å². The van der Waals surface area contributed by atoms with Gasteiger partial charge >= 0.3 is 0 Å². The highest BCUT2D eigenvalue weighted by atomic mass is 35.5. The van der Waals surface area contributed by atoms with Crippen molar-refractivity contribution < 1.29 is 18.0 Å². The van der Waals surface area contributed by atoms with E-state index in [-0.39, 0.29) is 12.5 Å². The summed E-state index contributed by atoms with van der Waals surface area (Å²) in [5, 5.41) is 3.60. The summed E-state index contributed by atoms with van der Waals surface area (Å²) >= 11 is 12.8. The molecule has 0 aliphatic carbocycles. The molecule has 2 amide bonds. The Labute approximate surface area is 224 Å². The van der Waals surface area contributed by atoms with Gasteiger partial charge in [0.15, 0.2) is 0 Å². The molecule has 2 rings (SSSR count). The number of sulfonamides is 1. The number of aryl methyl sites for hydroxylation is 1. The van der Waals surface area contributed by atoms with Crippen LogP contribution >= 0.6 is 23.2 Å². The molecule has 0 fully saturated rings. The Morgan fingerprint density at radius 1 is 1.03 bits per heavy atom. The van der Waals surface area contributed by atoms with Crippen molar-refractivity contribution in [3.8, 4) is 0 Å². The molecule has 0 aromatic heterocycles. The second kappa shape index (κ2) is 13.3. The second-order valence-electron chi connectivity index (χ2n) is 8.78. The molecular formula is C26H35Cl2N3O4S. The van der Waals surface area contributed by atoms with Gasteiger partial charge in [-0.05, 0) is 56.0 Å². The van der Waals surface area contributed by atoms with Gasteiger partial charge in [0.1, 0.15) is 12.6 Å². The maximum atomic E-state index is 13.8. The van der Waals surface area contributed by atoms with Crippen molar-refractivity contribution in [2.75, 3.05) is 23.7 Å². The van der Waals surface area contributed by atoms with Crippen molar-refractivity contribution in [2.24, 2.45) is 0 Å². The summed E-state index contributed by atoms with van der Waals surface area (Å²) in [6, 6.07) is 9.47. The third-order valence-corrected chi connectivity index (χ3v) is 7.96. The molecule has 0 spiro atoms. The van der Waals surface area contributed by atoms with Crippen LogP contribution < -0.4 is 9.62 Å². The van der Waals surface area contributed by atoms with Crippen molar-refractivity contribution in [2.45, 2.75) is 59.5 Å². The quantitative estimate of drug-likeness (QED) is 0.369. The smallest absolute Gasteiger partial charge is 0.244 e. The first-order chi connectivity index (χ1) is 16.9. The summed E-state index contributed by atoms with van der Waals surface area (Å²) in [4.78, 5) is 28.3. The van der Waals surface area contributed by atoms with Crippen molar-refractivity contribution in [1.29, 1.82) is 0 Å². The molecule has 0 saturated carbocycles. The van der Waals surface area contributed by atoms with E-state index in [1.807, 2.05) is 26.8 Å². The molecule has 0 radical (unpaired) electrons. The van der Waals surface area contributed by atoms with E-state index >= 15 is 0 Å². The lowest BCUT2D eigenvalue weighted by Crippen LogP contribution is -2.52. The van der Waals surface area contributed by atoms with E-state index in [9.17, 15) is 18.0 Å². The predicted octanol–water partition coefficient (Wildman–Crippen LogP) is 5.10. The van der Waals surface area contributed by atoms with E-state index in [4.69, 9.17) is 23.2 Å². The lowest BCUT2D eigenvalue weighted by atomic mass is 10.1. The van der Waals surface area contributed by atoms with Crippen molar-refractivity contribution in [3.05, 3.63) is 63.1 Å². The number of carbonyl (C=O) groups is 2. The van der Waals surface area contributed by atoms with Crippen LogP contribution in [0.25, 0.3) is 0 Å². The fourth-order valence-electron chi connectivity index (χ4n) is 3.88. The third kappa shape index (κ3) is 7.60. The molecule has 198 valence electrons. The molecule has 0 bridgehead atoms. The Balaban J connectivity index is 2.51. The highest BCUT2D eigenvalue weighted by Gasteiger charge is 2.32. The molecule has 0 saturated heterocycles. The Bertz CT molecular complexity index is 1170. The van der Waals surface area contributed by atoms with Crippen LogP contribution in [-0.4, -0.2) is 50.5 Å². The largest absolute Gasteiger partial charge is 0.354 e. The normalized spacial score (nSPS) is 12.2. The molecule has 1 unspecified atom stereocenters. The highest BCUT2D eigenvalue weighted by molar-refractivity contribution is 7.92. The number of rotatable bonds is 12. The van der Waals surface area contributed by atoms with Gasteiger partial charge in [-0.25, -0.2) is 8.42 Å². The number of amides is 2. The zero-order valence-electron chi connectivity index (χ0n) is 21.5. The first kappa shape index (κ1) is 29.9. The minimum absolute atomic E-state index is 0.0402. The standard InChI is InChI=1S/C26H35Cl2N3O4S/c1-6-8-15-29-26(33)23(7-2)30(16-20-21(27)12-10-13-22(20)28)25(32)17-31(36(5,34)35)24-14-9-11-18(3)19(24)4/h9-14,23H,6-8,15-17H2,1-5H3,(H,29,33). The van der Waals surface area contributed by atoms with Gasteiger partial charge in [-0.1, -0.05) is 61.7 Å². The van der Waals surface area contributed by atoms with Crippen LogP contribution in [0.5, 0.6) is 0 Å². The lowest BCUT2D eigenvalue weighted by Gasteiger charge is -2.33. The number of unbranched alkanes of at least 4 members (excludes halogenated alkanes) is 1. The summed E-state index contributed by atoms with van der Waals surface area (Å²) in [6.07, 6.45) is 3.11. The Hall–Kier alpha value is -2.29. The van der Waals surface area contributed by atoms with Crippen LogP contribution in [0.1, 0.15) is 49.8 Å². The Kier molecular flexibility index (Phi) is 11.1. The molecule has 0 aliphatic heterocycles. The van der Waals surface area contributed by atoms with Gasteiger partial charge in [0.25, 0.3) is 0 Å². The molecule has 7 nitrogen and oxygen atoms in total. The summed E-state index contributed by atoms with van der Waals surface area (Å²) in [5.74, 6) is -0.838. The number of anilines is 1. The average Bonchev–Trinajstić information content (AvgIpc) is 2.80. The van der Waals surface area contributed by atoms with Crippen LogP contribution in [0.15, 0.2) is 36.4 Å². The number of halogens is 2. The van der Waals surface area contributed by atoms with Crippen LogP contribution in [0.2, 0.25) is 10.0 Å². The van der Waals surface area contributed by atoms with Crippen molar-refractivity contribution in [3.63, 3.8) is 0 Å². The van der Waals surface area contributed by atoms with Crippen LogP contribution in [0.3, 0.4) is 0 Å². The molecule has 0 aliphatic rings. The molecule has 2 aromatic carbocycles. The number of hydrogen-bond donors (Lipinski definition) is 1. The predicted molar refractivity (Wildman–Crippen MR) is 147 cm³/mol. The summed E-state index contributed by atoms with van der Waals surface area (Å²) < 4.78 is 26.7. The number of hydrogen-bond acceptors (Lipinski definition) is 4. The van der Waals surface area contributed by atoms with Gasteiger partial charge in [-0.2, -0.15) is 0 Å². The molecular weight excluding hydrogens is 521 g/mol. The second-order valence-corrected chi connectivity index (χ2v) is 11.5. The maximum Gasteiger partial charge on any atom is 0.244 e. The Morgan fingerprint density at radius 2 is 1.64 bits per heavy atom. The number of carbonyl (C=O) groups excluding carboxylic acids is 2. The zero-order chi connectivity index (χ0) is 27.0. The summed E-state index contributed by atoms with van der Waals surface area (Å²) in [6.45, 7) is 7.48. The number of nitrogens with zero attached hydrogens (tertiary/aromatic N) is 2. The van der Waals surface area contributed by atoms with Crippen molar-refractivity contribution >= 4 is 50.7 Å². The SMILES string of the molecule is CCCCNC(=O)C(CC)N(Cc1c(Cl)cccc1Cl)C(=O)CN(c1cccc(C)c1C)S(C)(=O)=O. The highest BCUT2D eigenvalue weighted by Crippen LogP contribution is 2.29. The molecule has 1 atom stereocenters. The van der Waals surface area contributed by atoms with Gasteiger partial charge in [0.05, 0.1) is 11.9 Å². The van der Waals surface area contributed by atoms with E-state index in [1.165, 1.54) is 4.90 Å². The van der Waals surface area contributed by atoms with Gasteiger partial charge in [-0.15, -0.1) is 0 Å². The van der Waals surface area contributed by atoms with Crippen LogP contribution in [0, 0.1) is 13.8 Å². The maximum absolute atomic E-state index is 13.8. The topological polar surface area (TPSA) is 86.8 Å². The monoisotopic (exact) mass is 555 g/mol. The van der Waals surface area contributed by atoms with E-state index < -0.39 is 28.5 Å². The summed E-state index contributed by atoms with van der Waals surface area (Å²) in [5.41, 5.74) is 2.56. The minimum atomic E-state index is -3.81. The Morgan fingerprint density at radius 3 is 2.19 bits per heavy atom. The molecule has 10 heteroatoms. The lowest BCUT2D eigenvalue weighted by molar-refractivity contribution is -0.140. The summed E-state index contributed by atoms with van der Waals surface area (Å²) in [7, 11) is -3.81. The fraction of sp³-hybridized carbons (Fsp3) is 0.462. The van der Waals surface area contributed by atoms with E-state index in [0.29, 0.717) is 34.3 Å². The van der Waals surface area contributed by atoms with E-state index in [2.05, 4.69) is 5.32 Å². The van der Waals surface area contributed by atoms with Crippen LogP contribution in [0.4, 0.5) is 5.69 Å². The first-order valence-electron chi connectivity index (χ1n) is 12.0. The molecule has 36 heavy (non-hydrogen) atoms. The zero-order valence-corrected chi connectivity index (χ0v) is 23.8. The first-order valence-corrected chi connectivity index (χ1v) is 14.6. The number of benzene rings is 2.